The molecule has 2 aliphatic heterocycles. The van der Waals surface area contributed by atoms with Gasteiger partial charge in [-0.2, -0.15) is 4.98 Å². The third-order valence-electron chi connectivity index (χ3n) is 4.72. The molecule has 0 bridgehead atoms. The summed E-state index contributed by atoms with van der Waals surface area (Å²) in [5.74, 6) is 1.22. The van der Waals surface area contributed by atoms with Crippen LogP contribution in [0.2, 0.25) is 5.28 Å². The first-order valence-corrected chi connectivity index (χ1v) is 8.38. The van der Waals surface area contributed by atoms with Crippen LogP contribution in [0.1, 0.15) is 39.0 Å². The minimum atomic E-state index is 0.00102. The van der Waals surface area contributed by atoms with Gasteiger partial charge in [0.1, 0.15) is 11.4 Å². The van der Waals surface area contributed by atoms with E-state index >= 15 is 0 Å². The van der Waals surface area contributed by atoms with Gasteiger partial charge in [-0.1, -0.05) is 6.42 Å². The van der Waals surface area contributed by atoms with Gasteiger partial charge in [-0.3, -0.25) is 0 Å². The molecule has 1 aromatic heterocycles. The number of halogens is 1. The van der Waals surface area contributed by atoms with Gasteiger partial charge in [-0.15, -0.1) is 0 Å². The van der Waals surface area contributed by atoms with Gasteiger partial charge in [0.15, 0.2) is 0 Å². The number of fused-ring (bicyclic) bond motifs is 2. The van der Waals surface area contributed by atoms with Gasteiger partial charge in [0.05, 0.1) is 5.70 Å². The Labute approximate surface area is 140 Å². The highest BCUT2D eigenvalue weighted by Crippen LogP contribution is 2.41. The molecule has 4 rings (SSSR count). The first-order chi connectivity index (χ1) is 11.2. The van der Waals surface area contributed by atoms with Crippen molar-refractivity contribution in [2.24, 2.45) is 0 Å². The van der Waals surface area contributed by atoms with Gasteiger partial charge < -0.3 is 15.0 Å². The Kier molecular flexibility index (Phi) is 3.53. The monoisotopic (exact) mass is 330 g/mol. The number of nitrogens with zero attached hydrogens (tertiary/aromatic N) is 3. The van der Waals surface area contributed by atoms with Crippen LogP contribution in [0.25, 0.3) is 0 Å². The van der Waals surface area contributed by atoms with Crippen LogP contribution in [0.5, 0.6) is 5.88 Å². The average molecular weight is 331 g/mol. The molecule has 1 N–H and O–H groups in total. The number of ether oxygens (including phenoxy) is 1. The summed E-state index contributed by atoms with van der Waals surface area (Å²) in [7, 11) is 0. The molecule has 23 heavy (non-hydrogen) atoms. The summed E-state index contributed by atoms with van der Waals surface area (Å²) in [6.45, 7) is 2.10. The molecular weight excluding hydrogens is 312 g/mol. The van der Waals surface area contributed by atoms with Crippen LogP contribution in [0.4, 0.5) is 0 Å². The topological polar surface area (TPSA) is 50.3 Å². The summed E-state index contributed by atoms with van der Waals surface area (Å²) in [5.41, 5.74) is 2.40. The van der Waals surface area contributed by atoms with Gasteiger partial charge in [-0.25, -0.2) is 4.98 Å². The van der Waals surface area contributed by atoms with E-state index in [-0.39, 0.29) is 10.9 Å². The van der Waals surface area contributed by atoms with Gasteiger partial charge >= 0.3 is 0 Å². The number of nitrogens with one attached hydrogen (secondary N) is 1. The van der Waals surface area contributed by atoms with E-state index in [9.17, 15) is 0 Å². The van der Waals surface area contributed by atoms with E-state index < -0.39 is 0 Å². The van der Waals surface area contributed by atoms with Crippen LogP contribution in [-0.4, -0.2) is 20.5 Å². The molecule has 120 valence electrons. The van der Waals surface area contributed by atoms with Crippen molar-refractivity contribution in [2.45, 2.75) is 44.7 Å². The minimum Gasteiger partial charge on any atom is -0.437 e. The number of hydrogen-bond acceptors (Lipinski definition) is 5. The lowest BCUT2D eigenvalue weighted by molar-refractivity contribution is 0.122. The first-order valence-electron chi connectivity index (χ1n) is 8.00. The molecule has 1 aromatic rings. The van der Waals surface area contributed by atoms with E-state index in [0.717, 1.165) is 18.6 Å². The van der Waals surface area contributed by atoms with E-state index in [4.69, 9.17) is 16.3 Å². The molecule has 3 heterocycles. The first kappa shape index (κ1) is 14.6. The molecule has 1 spiro atoms. The van der Waals surface area contributed by atoms with Crippen molar-refractivity contribution in [1.82, 2.24) is 20.2 Å². The molecule has 0 saturated heterocycles. The van der Waals surface area contributed by atoms with E-state index in [1.54, 1.807) is 12.3 Å². The fourth-order valence-corrected chi connectivity index (χ4v) is 3.74. The molecule has 0 amide bonds. The fraction of sp³-hybridized carbons (Fsp3) is 0.412. The lowest BCUT2D eigenvalue weighted by Crippen LogP contribution is -2.51. The van der Waals surface area contributed by atoms with E-state index in [0.29, 0.717) is 5.88 Å². The molecule has 6 heteroatoms. The summed E-state index contributed by atoms with van der Waals surface area (Å²) in [6, 6.07) is 1.71. The van der Waals surface area contributed by atoms with Gasteiger partial charge in [-0.05, 0) is 55.9 Å². The van der Waals surface area contributed by atoms with Crippen LogP contribution in [0.15, 0.2) is 47.8 Å². The average Bonchev–Trinajstić information content (AvgIpc) is 2.87. The Morgan fingerprint density at radius 3 is 2.91 bits per heavy atom. The molecule has 3 aliphatic rings. The number of aromatic nitrogens is 2. The maximum atomic E-state index is 5.90. The Morgan fingerprint density at radius 2 is 2.13 bits per heavy atom. The highest BCUT2D eigenvalue weighted by atomic mass is 35.5. The predicted octanol–water partition coefficient (Wildman–Crippen LogP) is 3.72. The van der Waals surface area contributed by atoms with Crippen LogP contribution < -0.4 is 10.1 Å². The lowest BCUT2D eigenvalue weighted by atomic mass is 9.87. The van der Waals surface area contributed by atoms with Gasteiger partial charge in [0, 0.05) is 24.7 Å². The van der Waals surface area contributed by atoms with E-state index in [1.165, 1.54) is 30.5 Å². The molecule has 1 fully saturated rings. The van der Waals surface area contributed by atoms with Crippen LogP contribution >= 0.6 is 11.6 Å². The second kappa shape index (κ2) is 5.57. The standard InChI is InChI=1S/C17H19ClN4O/c1-12-9-13(23-15-5-8-19-16(18)21-15)11-22-14(12)10-20-17(22)6-3-2-4-7-17/h5,8-11,20H,2-4,6-7H2,1H3. The maximum Gasteiger partial charge on any atom is 0.225 e. The third kappa shape index (κ3) is 2.59. The summed E-state index contributed by atoms with van der Waals surface area (Å²) in [4.78, 5) is 10.3. The fourth-order valence-electron chi connectivity index (χ4n) is 3.60. The van der Waals surface area contributed by atoms with Crippen molar-refractivity contribution in [1.29, 1.82) is 0 Å². The highest BCUT2D eigenvalue weighted by molar-refractivity contribution is 6.28. The number of hydrogen-bond donors (Lipinski definition) is 1. The zero-order valence-corrected chi connectivity index (χ0v) is 13.8. The quantitative estimate of drug-likeness (QED) is 0.838. The Hall–Kier alpha value is -2.01. The van der Waals surface area contributed by atoms with Crippen molar-refractivity contribution in [3.05, 3.63) is 53.1 Å². The molecule has 0 atom stereocenters. The molecule has 5 nitrogen and oxygen atoms in total. The van der Waals surface area contributed by atoms with Crippen LogP contribution in [0, 0.1) is 0 Å². The summed E-state index contributed by atoms with van der Waals surface area (Å²) in [5, 5.41) is 3.80. The Bertz CT molecular complexity index is 719. The molecule has 1 saturated carbocycles. The summed E-state index contributed by atoms with van der Waals surface area (Å²) >= 11 is 5.83. The van der Waals surface area contributed by atoms with Crippen molar-refractivity contribution < 1.29 is 4.74 Å². The zero-order valence-electron chi connectivity index (χ0n) is 13.1. The molecule has 0 unspecified atom stereocenters. The van der Waals surface area contributed by atoms with Crippen molar-refractivity contribution in [3.63, 3.8) is 0 Å². The number of rotatable bonds is 2. The largest absolute Gasteiger partial charge is 0.437 e. The normalized spacial score (nSPS) is 22.0. The smallest absolute Gasteiger partial charge is 0.225 e. The third-order valence-corrected chi connectivity index (χ3v) is 4.90. The summed E-state index contributed by atoms with van der Waals surface area (Å²) in [6.07, 6.45) is 13.9. The predicted molar refractivity (Wildman–Crippen MR) is 88.4 cm³/mol. The van der Waals surface area contributed by atoms with Crippen molar-refractivity contribution in [3.8, 4) is 5.88 Å². The lowest BCUT2D eigenvalue weighted by Gasteiger charge is -2.43. The minimum absolute atomic E-state index is 0.00102. The molecule has 1 aliphatic carbocycles. The van der Waals surface area contributed by atoms with Gasteiger partial charge in [0.25, 0.3) is 0 Å². The zero-order chi connectivity index (χ0) is 15.9. The van der Waals surface area contributed by atoms with Crippen molar-refractivity contribution in [2.75, 3.05) is 0 Å². The molecule has 0 radical (unpaired) electrons. The van der Waals surface area contributed by atoms with Crippen LogP contribution in [-0.2, 0) is 0 Å². The Morgan fingerprint density at radius 1 is 1.30 bits per heavy atom. The molecule has 0 aromatic carbocycles. The second-order valence-corrected chi connectivity index (χ2v) is 6.60. The van der Waals surface area contributed by atoms with Gasteiger partial charge in [0.2, 0.25) is 11.2 Å². The Balaban J connectivity index is 1.63. The van der Waals surface area contributed by atoms with Crippen molar-refractivity contribution >= 4 is 11.6 Å². The highest BCUT2D eigenvalue weighted by Gasteiger charge is 2.43. The second-order valence-electron chi connectivity index (χ2n) is 6.26. The van der Waals surface area contributed by atoms with Crippen LogP contribution in [0.3, 0.4) is 0 Å². The van der Waals surface area contributed by atoms with E-state index in [1.807, 2.05) is 6.08 Å². The number of allylic oxidation sites excluding steroid dienone is 2. The van der Waals surface area contributed by atoms with E-state index in [2.05, 4.69) is 39.5 Å². The molecular formula is C17H19ClN4O. The maximum absolute atomic E-state index is 5.90. The summed E-state index contributed by atoms with van der Waals surface area (Å²) < 4.78 is 5.90. The SMILES string of the molecule is CC1=CC(Oc2ccnc(Cl)n2)=CN2C1=CNC21CCCCC1.